The molecule has 20 heavy (non-hydrogen) atoms. The molecule has 0 radical (unpaired) electrons. The maximum absolute atomic E-state index is 5.46. The average molecular weight is 306 g/mol. The number of aromatic amines is 1. The molecule has 1 saturated carbocycles. The van der Waals surface area contributed by atoms with Gasteiger partial charge in [0.25, 0.3) is 0 Å². The van der Waals surface area contributed by atoms with Gasteiger partial charge in [-0.15, -0.1) is 0 Å². The zero-order valence-electron chi connectivity index (χ0n) is 11.5. The molecule has 1 fully saturated rings. The topological polar surface area (TPSA) is 46.5 Å². The Labute approximate surface area is 128 Å². The molecule has 0 aromatic carbocycles. The molecule has 4 nitrogen and oxygen atoms in total. The van der Waals surface area contributed by atoms with E-state index >= 15 is 0 Å². The van der Waals surface area contributed by atoms with Crippen LogP contribution in [0.5, 0.6) is 0 Å². The van der Waals surface area contributed by atoms with Gasteiger partial charge in [-0.25, -0.2) is 0 Å². The van der Waals surface area contributed by atoms with Crippen molar-refractivity contribution < 1.29 is 0 Å². The molecular weight excluding hydrogens is 288 g/mol. The Bertz CT molecular complexity index is 620. The van der Waals surface area contributed by atoms with Gasteiger partial charge in [0.1, 0.15) is 5.69 Å². The van der Waals surface area contributed by atoms with E-state index in [1.807, 2.05) is 30.0 Å². The van der Waals surface area contributed by atoms with E-state index in [0.29, 0.717) is 16.1 Å². The quantitative estimate of drug-likeness (QED) is 0.875. The largest absolute Gasteiger partial charge is 0.295 e. The predicted molar refractivity (Wildman–Crippen MR) is 85.5 cm³/mol. The first-order valence-corrected chi connectivity index (χ1v) is 8.62. The number of aromatic nitrogens is 4. The molecule has 2 atom stereocenters. The molecular formula is C14H18N4S2. The van der Waals surface area contributed by atoms with Crippen LogP contribution < -0.4 is 0 Å². The smallest absolute Gasteiger partial charge is 0.195 e. The zero-order valence-corrected chi connectivity index (χ0v) is 13.1. The number of nitrogens with zero attached hydrogens (tertiary/aromatic N) is 3. The molecule has 1 aliphatic rings. The van der Waals surface area contributed by atoms with Crippen molar-refractivity contribution in [2.24, 2.45) is 0 Å². The number of hydrogen-bond acceptors (Lipinski definition) is 4. The molecule has 2 unspecified atom stereocenters. The minimum Gasteiger partial charge on any atom is -0.295 e. The third-order valence-electron chi connectivity index (χ3n) is 3.90. The Balaban J connectivity index is 2.05. The number of rotatable bonds is 3. The number of pyridine rings is 1. The van der Waals surface area contributed by atoms with Gasteiger partial charge in [-0.05, 0) is 43.4 Å². The molecule has 1 N–H and O–H groups in total. The van der Waals surface area contributed by atoms with Gasteiger partial charge in [0.15, 0.2) is 10.6 Å². The van der Waals surface area contributed by atoms with Gasteiger partial charge in [0.05, 0.1) is 0 Å². The average Bonchev–Trinajstić information content (AvgIpc) is 2.89. The van der Waals surface area contributed by atoms with Crippen LogP contribution in [0, 0.1) is 4.77 Å². The normalized spacial score (nSPS) is 22.9. The summed E-state index contributed by atoms with van der Waals surface area (Å²) in [7, 11) is 0. The summed E-state index contributed by atoms with van der Waals surface area (Å²) in [6, 6.07) is 6.30. The summed E-state index contributed by atoms with van der Waals surface area (Å²) in [5.41, 5.74) is 0.880. The lowest BCUT2D eigenvalue weighted by Crippen LogP contribution is -2.26. The van der Waals surface area contributed by atoms with Gasteiger partial charge >= 0.3 is 0 Å². The summed E-state index contributed by atoms with van der Waals surface area (Å²) in [6.07, 6.45) is 8.97. The fourth-order valence-corrected chi connectivity index (χ4v) is 4.18. The summed E-state index contributed by atoms with van der Waals surface area (Å²) >= 11 is 7.40. The van der Waals surface area contributed by atoms with Crippen molar-refractivity contribution in [3.05, 3.63) is 29.2 Å². The summed E-state index contributed by atoms with van der Waals surface area (Å²) in [5, 5.41) is 7.96. The van der Waals surface area contributed by atoms with Crippen LogP contribution in [0.25, 0.3) is 11.5 Å². The van der Waals surface area contributed by atoms with Crippen LogP contribution in [0.15, 0.2) is 24.4 Å². The summed E-state index contributed by atoms with van der Waals surface area (Å²) in [4.78, 5) is 4.41. The summed E-state index contributed by atoms with van der Waals surface area (Å²) < 4.78 is 2.88. The third-order valence-corrected chi connectivity index (χ3v) is 5.34. The molecule has 6 heteroatoms. The van der Waals surface area contributed by atoms with Crippen molar-refractivity contribution in [2.75, 3.05) is 6.26 Å². The highest BCUT2D eigenvalue weighted by Crippen LogP contribution is 2.37. The molecule has 0 aliphatic heterocycles. The molecule has 2 aromatic rings. The highest BCUT2D eigenvalue weighted by atomic mass is 32.2. The molecule has 0 bridgehead atoms. The van der Waals surface area contributed by atoms with E-state index < -0.39 is 0 Å². The number of H-pyrrole nitrogens is 1. The van der Waals surface area contributed by atoms with E-state index in [-0.39, 0.29) is 0 Å². The molecule has 2 heterocycles. The number of thioether (sulfide) groups is 1. The maximum Gasteiger partial charge on any atom is 0.195 e. The van der Waals surface area contributed by atoms with E-state index in [2.05, 4.69) is 26.0 Å². The van der Waals surface area contributed by atoms with Crippen LogP contribution in [-0.4, -0.2) is 31.3 Å². The van der Waals surface area contributed by atoms with Gasteiger partial charge in [-0.3, -0.25) is 14.6 Å². The van der Waals surface area contributed by atoms with Crippen molar-refractivity contribution in [1.82, 2.24) is 19.7 Å². The Hall–Kier alpha value is -1.14. The maximum atomic E-state index is 5.46. The Morgan fingerprint density at radius 2 is 2.20 bits per heavy atom. The lowest BCUT2D eigenvalue weighted by molar-refractivity contribution is 0.364. The van der Waals surface area contributed by atoms with Gasteiger partial charge in [0, 0.05) is 17.5 Å². The lowest BCUT2D eigenvalue weighted by Gasteiger charge is -2.31. The van der Waals surface area contributed by atoms with Crippen molar-refractivity contribution in [1.29, 1.82) is 0 Å². The van der Waals surface area contributed by atoms with E-state index in [1.165, 1.54) is 25.7 Å². The third kappa shape index (κ3) is 2.54. The summed E-state index contributed by atoms with van der Waals surface area (Å²) in [5.74, 6) is 0.863. The Morgan fingerprint density at radius 1 is 1.35 bits per heavy atom. The first kappa shape index (κ1) is 13.8. The standard InChI is InChI=1S/C14H18N4S2/c1-20-12-8-3-2-7-11(12)18-13(16-17-14(18)19)10-6-4-5-9-15-10/h4-6,9,11-12H,2-3,7-8H2,1H3,(H,17,19). The molecule has 3 rings (SSSR count). The minimum absolute atomic E-state index is 0.419. The van der Waals surface area contributed by atoms with Crippen LogP contribution >= 0.6 is 24.0 Å². The number of hydrogen-bond donors (Lipinski definition) is 1. The Morgan fingerprint density at radius 3 is 2.95 bits per heavy atom. The fourth-order valence-electron chi connectivity index (χ4n) is 2.94. The second-order valence-corrected chi connectivity index (χ2v) is 6.53. The van der Waals surface area contributed by atoms with Crippen molar-refractivity contribution in [3.63, 3.8) is 0 Å². The van der Waals surface area contributed by atoms with Crippen LogP contribution in [0.2, 0.25) is 0 Å². The Kier molecular flexibility index (Phi) is 4.21. The molecule has 0 spiro atoms. The first-order chi connectivity index (χ1) is 9.81. The zero-order chi connectivity index (χ0) is 13.9. The van der Waals surface area contributed by atoms with Crippen molar-refractivity contribution in [3.8, 4) is 11.5 Å². The fraction of sp³-hybridized carbons (Fsp3) is 0.500. The monoisotopic (exact) mass is 306 g/mol. The van der Waals surface area contributed by atoms with Crippen molar-refractivity contribution >= 4 is 24.0 Å². The molecule has 0 amide bonds. The SMILES string of the molecule is CSC1CCCCC1n1c(-c2ccccn2)n[nH]c1=S. The number of nitrogens with one attached hydrogen (secondary N) is 1. The molecule has 106 valence electrons. The molecule has 2 aromatic heterocycles. The first-order valence-electron chi connectivity index (χ1n) is 6.92. The highest BCUT2D eigenvalue weighted by Gasteiger charge is 2.29. The minimum atomic E-state index is 0.419. The van der Waals surface area contributed by atoms with Crippen molar-refractivity contribution in [2.45, 2.75) is 37.0 Å². The van der Waals surface area contributed by atoms with Gasteiger partial charge in [-0.1, -0.05) is 18.9 Å². The van der Waals surface area contributed by atoms with Crippen LogP contribution in [-0.2, 0) is 0 Å². The van der Waals surface area contributed by atoms with Crippen LogP contribution in [0.3, 0.4) is 0 Å². The highest BCUT2D eigenvalue weighted by molar-refractivity contribution is 7.99. The summed E-state index contributed by atoms with van der Waals surface area (Å²) in [6.45, 7) is 0. The lowest BCUT2D eigenvalue weighted by atomic mass is 9.94. The van der Waals surface area contributed by atoms with Crippen LogP contribution in [0.4, 0.5) is 0 Å². The van der Waals surface area contributed by atoms with Gasteiger partial charge in [-0.2, -0.15) is 16.9 Å². The van der Waals surface area contributed by atoms with E-state index in [4.69, 9.17) is 12.2 Å². The molecule has 0 saturated heterocycles. The van der Waals surface area contributed by atoms with E-state index in [9.17, 15) is 0 Å². The van der Waals surface area contributed by atoms with Gasteiger partial charge < -0.3 is 0 Å². The van der Waals surface area contributed by atoms with E-state index in [0.717, 1.165) is 11.5 Å². The molecule has 1 aliphatic carbocycles. The predicted octanol–water partition coefficient (Wildman–Crippen LogP) is 3.85. The van der Waals surface area contributed by atoms with E-state index in [1.54, 1.807) is 6.20 Å². The van der Waals surface area contributed by atoms with Gasteiger partial charge in [0.2, 0.25) is 0 Å². The second kappa shape index (κ2) is 6.10. The van der Waals surface area contributed by atoms with Crippen LogP contribution in [0.1, 0.15) is 31.7 Å². The second-order valence-electron chi connectivity index (χ2n) is 5.06.